The van der Waals surface area contributed by atoms with Gasteiger partial charge in [0.25, 0.3) is 5.91 Å². The number of nitrogens with one attached hydrogen (secondary N) is 4. The van der Waals surface area contributed by atoms with Gasteiger partial charge >= 0.3 is 0 Å². The van der Waals surface area contributed by atoms with Crippen LogP contribution in [0.15, 0.2) is 49.4 Å². The number of carbonyl (C=O) groups is 2. The van der Waals surface area contributed by atoms with Crippen molar-refractivity contribution in [3.8, 4) is 0 Å². The van der Waals surface area contributed by atoms with Crippen LogP contribution < -0.4 is 27.2 Å². The van der Waals surface area contributed by atoms with Crippen molar-refractivity contribution in [2.24, 2.45) is 5.84 Å². The summed E-state index contributed by atoms with van der Waals surface area (Å²) in [6.45, 7) is 4.70. The summed E-state index contributed by atoms with van der Waals surface area (Å²) in [5, 5.41) is 8.59. The third-order valence-electron chi connectivity index (χ3n) is 4.31. The molecule has 0 saturated carbocycles. The molecule has 0 aromatic carbocycles. The first-order chi connectivity index (χ1) is 14.0. The Bertz CT molecular complexity index is 809. The number of likely N-dealkylation sites (N-methyl/N-ethyl adjacent to an activating group) is 1. The first-order valence-electron chi connectivity index (χ1n) is 9.33. The van der Waals surface area contributed by atoms with Crippen LogP contribution in [0.3, 0.4) is 0 Å². The van der Waals surface area contributed by atoms with Crippen molar-refractivity contribution < 1.29 is 9.59 Å². The number of rotatable bonds is 11. The normalized spacial score (nSPS) is 11.2. The van der Waals surface area contributed by atoms with Gasteiger partial charge < -0.3 is 21.4 Å². The molecule has 0 saturated heterocycles. The lowest BCUT2D eigenvalue weighted by Gasteiger charge is -2.17. The fourth-order valence-electron chi connectivity index (χ4n) is 2.65. The smallest absolute Gasteiger partial charge is 0.253 e. The minimum absolute atomic E-state index is 0.237. The molecule has 1 atom stereocenters. The number of carbonyl (C=O) groups excluding carboxylic acids is 2. The minimum atomic E-state index is -0.624. The lowest BCUT2D eigenvalue weighted by Crippen LogP contribution is -2.45. The van der Waals surface area contributed by atoms with Gasteiger partial charge in [0.1, 0.15) is 11.9 Å². The highest BCUT2D eigenvalue weighted by Gasteiger charge is 2.20. The molecule has 0 spiro atoms. The van der Waals surface area contributed by atoms with Crippen molar-refractivity contribution in [1.29, 1.82) is 0 Å². The fourth-order valence-corrected chi connectivity index (χ4v) is 2.65. The molecule has 0 aliphatic heterocycles. The molecule has 0 aliphatic carbocycles. The third kappa shape index (κ3) is 6.89. The molecule has 0 radical (unpaired) electrons. The Hall–Kier alpha value is -3.46. The third-order valence-corrected chi connectivity index (χ3v) is 4.31. The lowest BCUT2D eigenvalue weighted by atomic mass is 10.1. The van der Waals surface area contributed by atoms with E-state index >= 15 is 0 Å². The molecule has 9 heteroatoms. The Morgan fingerprint density at radius 1 is 1.17 bits per heavy atom. The van der Waals surface area contributed by atoms with Crippen LogP contribution in [0.25, 0.3) is 5.70 Å². The van der Waals surface area contributed by atoms with Crippen LogP contribution in [0.4, 0.5) is 5.82 Å². The van der Waals surface area contributed by atoms with Crippen LogP contribution in [-0.2, 0) is 4.79 Å². The van der Waals surface area contributed by atoms with E-state index in [0.717, 1.165) is 24.1 Å². The van der Waals surface area contributed by atoms with E-state index in [9.17, 15) is 9.59 Å². The number of amides is 2. The predicted molar refractivity (Wildman–Crippen MR) is 112 cm³/mol. The summed E-state index contributed by atoms with van der Waals surface area (Å²) in [6, 6.07) is 6.34. The van der Waals surface area contributed by atoms with Gasteiger partial charge in [0.05, 0.1) is 5.56 Å². The SMILES string of the molecule is C=C(NCCCCC(NC(=O)c1ccc(NN)nc1)C(=O)NC)c1cccnc1. The second-order valence-electron chi connectivity index (χ2n) is 6.36. The first-order valence-corrected chi connectivity index (χ1v) is 9.33. The first kappa shape index (κ1) is 21.8. The summed E-state index contributed by atoms with van der Waals surface area (Å²) in [5.41, 5.74) is 4.49. The lowest BCUT2D eigenvalue weighted by molar-refractivity contribution is -0.122. The molecular formula is C20H27N7O2. The molecule has 0 bridgehead atoms. The highest BCUT2D eigenvalue weighted by molar-refractivity contribution is 5.97. The molecule has 29 heavy (non-hydrogen) atoms. The quantitative estimate of drug-likeness (QED) is 0.217. The number of unbranched alkanes of at least 4 members (excludes halogenated alkanes) is 1. The summed E-state index contributed by atoms with van der Waals surface area (Å²) >= 11 is 0. The van der Waals surface area contributed by atoms with E-state index in [0.29, 0.717) is 24.3 Å². The van der Waals surface area contributed by atoms with Crippen LogP contribution in [0.2, 0.25) is 0 Å². The van der Waals surface area contributed by atoms with Crippen molar-refractivity contribution in [2.75, 3.05) is 19.0 Å². The van der Waals surface area contributed by atoms with Crippen molar-refractivity contribution in [3.63, 3.8) is 0 Å². The number of nitrogens with zero attached hydrogens (tertiary/aromatic N) is 2. The number of anilines is 1. The molecule has 2 rings (SSSR count). The zero-order chi connectivity index (χ0) is 21.1. The second kappa shape index (κ2) is 11.4. The number of hydrogen-bond donors (Lipinski definition) is 5. The zero-order valence-electron chi connectivity index (χ0n) is 16.4. The monoisotopic (exact) mass is 397 g/mol. The minimum Gasteiger partial charge on any atom is -0.385 e. The fraction of sp³-hybridized carbons (Fsp3) is 0.300. The van der Waals surface area contributed by atoms with Crippen LogP contribution in [0, 0.1) is 0 Å². The van der Waals surface area contributed by atoms with Crippen molar-refractivity contribution in [3.05, 3.63) is 60.6 Å². The summed E-state index contributed by atoms with van der Waals surface area (Å²) in [6.07, 6.45) is 6.95. The van der Waals surface area contributed by atoms with E-state index in [1.54, 1.807) is 31.6 Å². The van der Waals surface area contributed by atoms with Gasteiger partial charge in [-0.15, -0.1) is 0 Å². The number of aromatic nitrogens is 2. The topological polar surface area (TPSA) is 134 Å². The number of hydrogen-bond acceptors (Lipinski definition) is 7. The van der Waals surface area contributed by atoms with Crippen LogP contribution >= 0.6 is 0 Å². The van der Waals surface area contributed by atoms with E-state index in [1.807, 2.05) is 12.1 Å². The molecular weight excluding hydrogens is 370 g/mol. The van der Waals surface area contributed by atoms with Gasteiger partial charge in [-0.3, -0.25) is 14.6 Å². The molecule has 2 amide bonds. The van der Waals surface area contributed by atoms with Crippen LogP contribution in [-0.4, -0.2) is 41.4 Å². The van der Waals surface area contributed by atoms with E-state index in [-0.39, 0.29) is 11.8 Å². The Morgan fingerprint density at radius 3 is 2.62 bits per heavy atom. The summed E-state index contributed by atoms with van der Waals surface area (Å²) in [4.78, 5) is 32.6. The standard InChI is InChI=1S/C20H27N7O2/c1-14(15-6-5-10-23-12-15)24-11-4-3-7-17(20(29)22-2)26-19(28)16-8-9-18(27-21)25-13-16/h5-6,8-10,12-13,17,24H,1,3-4,7,11,21H2,2H3,(H,22,29)(H,25,27)(H,26,28). The molecule has 2 heterocycles. The summed E-state index contributed by atoms with van der Waals surface area (Å²) in [7, 11) is 1.55. The van der Waals surface area contributed by atoms with Crippen LogP contribution in [0.1, 0.15) is 35.2 Å². The molecule has 0 aliphatic rings. The molecule has 0 fully saturated rings. The van der Waals surface area contributed by atoms with Gasteiger partial charge in [-0.1, -0.05) is 6.58 Å². The van der Waals surface area contributed by atoms with E-state index < -0.39 is 6.04 Å². The molecule has 2 aromatic heterocycles. The van der Waals surface area contributed by atoms with Crippen molar-refractivity contribution in [1.82, 2.24) is 25.9 Å². The Balaban J connectivity index is 1.80. The maximum absolute atomic E-state index is 12.4. The molecule has 2 aromatic rings. The van der Waals surface area contributed by atoms with Gasteiger partial charge in [-0.25, -0.2) is 10.8 Å². The van der Waals surface area contributed by atoms with Gasteiger partial charge in [0, 0.05) is 43.4 Å². The number of hydrazine groups is 1. The largest absolute Gasteiger partial charge is 0.385 e. The Kier molecular flexibility index (Phi) is 8.58. The van der Waals surface area contributed by atoms with Crippen LogP contribution in [0.5, 0.6) is 0 Å². The number of nitrogens with two attached hydrogens (primary N) is 1. The summed E-state index contributed by atoms with van der Waals surface area (Å²) in [5.74, 6) is 5.11. The van der Waals surface area contributed by atoms with Gasteiger partial charge in [-0.05, 0) is 43.5 Å². The molecule has 9 nitrogen and oxygen atoms in total. The van der Waals surface area contributed by atoms with Gasteiger partial charge in [0.15, 0.2) is 0 Å². The van der Waals surface area contributed by atoms with E-state index in [1.165, 1.54) is 6.20 Å². The Morgan fingerprint density at radius 2 is 2.00 bits per heavy atom. The zero-order valence-corrected chi connectivity index (χ0v) is 16.4. The van der Waals surface area contributed by atoms with E-state index in [4.69, 9.17) is 5.84 Å². The van der Waals surface area contributed by atoms with Crippen molar-refractivity contribution in [2.45, 2.75) is 25.3 Å². The van der Waals surface area contributed by atoms with Gasteiger partial charge in [-0.2, -0.15) is 0 Å². The highest BCUT2D eigenvalue weighted by atomic mass is 16.2. The highest BCUT2D eigenvalue weighted by Crippen LogP contribution is 2.09. The Labute approximate surface area is 170 Å². The summed E-state index contributed by atoms with van der Waals surface area (Å²) < 4.78 is 0. The second-order valence-corrected chi connectivity index (χ2v) is 6.36. The number of pyridine rings is 2. The molecule has 154 valence electrons. The molecule has 1 unspecified atom stereocenters. The van der Waals surface area contributed by atoms with Crippen molar-refractivity contribution >= 4 is 23.3 Å². The van der Waals surface area contributed by atoms with E-state index in [2.05, 4.69) is 37.9 Å². The number of nitrogen functional groups attached to an aromatic ring is 1. The maximum atomic E-state index is 12.4. The van der Waals surface area contributed by atoms with Gasteiger partial charge in [0.2, 0.25) is 5.91 Å². The average Bonchev–Trinajstić information content (AvgIpc) is 2.77. The average molecular weight is 397 g/mol. The maximum Gasteiger partial charge on any atom is 0.253 e. The predicted octanol–water partition coefficient (Wildman–Crippen LogP) is 1.04. The molecule has 6 N–H and O–H groups in total.